The van der Waals surface area contributed by atoms with Crippen LogP contribution in [0.3, 0.4) is 0 Å². The van der Waals surface area contributed by atoms with Gasteiger partial charge in [-0.2, -0.15) is 0 Å². The monoisotopic (exact) mass is 377 g/mol. The minimum absolute atomic E-state index is 0.0433. The Kier molecular flexibility index (Phi) is 5.35. The summed E-state index contributed by atoms with van der Waals surface area (Å²) in [6.45, 7) is 1.43. The topological polar surface area (TPSA) is 115 Å². The van der Waals surface area contributed by atoms with Gasteiger partial charge in [0.15, 0.2) is 0 Å². The number of aromatic nitrogens is 5. The Balaban J connectivity index is 1.72. The average Bonchev–Trinajstić information content (AvgIpc) is 3.28. The maximum absolute atomic E-state index is 12.5. The van der Waals surface area contributed by atoms with Crippen molar-refractivity contribution in [2.75, 3.05) is 24.2 Å². The van der Waals surface area contributed by atoms with E-state index in [-0.39, 0.29) is 28.8 Å². The summed E-state index contributed by atoms with van der Waals surface area (Å²) >= 11 is 1.15. The number of carbonyl (C=O) groups excluding carboxylic acids is 2. The molecule has 2 aromatic rings. The van der Waals surface area contributed by atoms with Gasteiger partial charge >= 0.3 is 0 Å². The molecule has 0 saturated carbocycles. The Bertz CT molecular complexity index is 886. The molecule has 0 aromatic carbocycles. The normalized spacial score (nSPS) is 13.8. The lowest BCUT2D eigenvalue weighted by molar-refractivity contribution is -0.113. The number of nitrogens with one attached hydrogen (secondary N) is 1. The Hall–Kier alpha value is -2.69. The summed E-state index contributed by atoms with van der Waals surface area (Å²) in [5.41, 5.74) is 0.0929. The molecule has 0 unspecified atom stereocenters. The van der Waals surface area contributed by atoms with Crippen LogP contribution in [0.25, 0.3) is 0 Å². The van der Waals surface area contributed by atoms with Crippen LogP contribution in [0.5, 0.6) is 0 Å². The van der Waals surface area contributed by atoms with Crippen LogP contribution >= 0.6 is 11.8 Å². The first-order chi connectivity index (χ1) is 12.5. The minimum atomic E-state index is -0.374. The molecule has 11 heteroatoms. The molecule has 2 amide bonds. The molecular weight excluding hydrogens is 358 g/mol. The molecule has 1 aliphatic rings. The van der Waals surface area contributed by atoms with Crippen molar-refractivity contribution in [3.63, 3.8) is 0 Å². The van der Waals surface area contributed by atoms with E-state index in [9.17, 15) is 14.4 Å². The molecule has 0 atom stereocenters. The molecule has 0 spiro atoms. The van der Waals surface area contributed by atoms with Gasteiger partial charge in [0.1, 0.15) is 5.69 Å². The summed E-state index contributed by atoms with van der Waals surface area (Å²) in [6, 6.07) is 1.44. The Morgan fingerprint density at radius 3 is 2.65 bits per heavy atom. The highest BCUT2D eigenvalue weighted by Crippen LogP contribution is 2.15. The first kappa shape index (κ1) is 18.1. The number of likely N-dealkylation sites (tertiary alicyclic amines) is 1. The molecule has 1 aliphatic heterocycles. The van der Waals surface area contributed by atoms with Crippen molar-refractivity contribution >= 4 is 29.3 Å². The summed E-state index contributed by atoms with van der Waals surface area (Å²) in [4.78, 5) is 38.7. The molecule has 138 valence electrons. The van der Waals surface area contributed by atoms with E-state index >= 15 is 0 Å². The number of hydrogen-bond donors (Lipinski definition) is 1. The van der Waals surface area contributed by atoms with Crippen LogP contribution in [-0.4, -0.2) is 60.3 Å². The van der Waals surface area contributed by atoms with Gasteiger partial charge in [-0.15, -0.1) is 5.10 Å². The first-order valence-electron chi connectivity index (χ1n) is 8.10. The number of carbonyl (C=O) groups is 2. The van der Waals surface area contributed by atoms with Crippen LogP contribution in [0.4, 0.5) is 5.69 Å². The molecule has 0 bridgehead atoms. The quantitative estimate of drug-likeness (QED) is 0.722. The number of hydrogen-bond acceptors (Lipinski definition) is 7. The van der Waals surface area contributed by atoms with Gasteiger partial charge in [0, 0.05) is 33.4 Å². The van der Waals surface area contributed by atoms with Crippen LogP contribution in [0, 0.1) is 0 Å². The largest absolute Gasteiger partial charge is 0.339 e. The van der Waals surface area contributed by atoms with Gasteiger partial charge in [-0.05, 0) is 29.3 Å². The molecule has 26 heavy (non-hydrogen) atoms. The van der Waals surface area contributed by atoms with Crippen molar-refractivity contribution in [1.29, 1.82) is 0 Å². The van der Waals surface area contributed by atoms with Crippen LogP contribution in [0.15, 0.2) is 22.2 Å². The van der Waals surface area contributed by atoms with Crippen molar-refractivity contribution < 1.29 is 9.59 Å². The molecule has 2 aromatic heterocycles. The van der Waals surface area contributed by atoms with E-state index in [0.29, 0.717) is 23.8 Å². The number of tetrazole rings is 1. The van der Waals surface area contributed by atoms with Crippen LogP contribution < -0.4 is 10.9 Å². The SMILES string of the molecule is Cn1nnnc1SCC(=O)Nc1cc(C(=O)N2CCCC2)cn(C)c1=O. The molecule has 0 aliphatic carbocycles. The Morgan fingerprint density at radius 1 is 1.27 bits per heavy atom. The van der Waals surface area contributed by atoms with E-state index in [1.54, 1.807) is 19.0 Å². The predicted octanol–water partition coefficient (Wildman–Crippen LogP) is -0.124. The standard InChI is InChI=1S/C15H19N7O3S/c1-20-8-10(13(24)22-5-3-4-6-22)7-11(14(20)25)16-12(23)9-26-15-17-18-19-21(15)2/h7-8H,3-6,9H2,1-2H3,(H,16,23). The van der Waals surface area contributed by atoms with Gasteiger partial charge in [0.05, 0.1) is 11.3 Å². The number of thioether (sulfide) groups is 1. The fourth-order valence-corrected chi connectivity index (χ4v) is 3.33. The summed E-state index contributed by atoms with van der Waals surface area (Å²) in [5, 5.41) is 14.0. The summed E-state index contributed by atoms with van der Waals surface area (Å²) in [7, 11) is 3.22. The highest BCUT2D eigenvalue weighted by molar-refractivity contribution is 7.99. The lowest BCUT2D eigenvalue weighted by Crippen LogP contribution is -2.31. The van der Waals surface area contributed by atoms with Gasteiger partial charge in [-0.1, -0.05) is 11.8 Å². The molecule has 1 saturated heterocycles. The maximum atomic E-state index is 12.5. The predicted molar refractivity (Wildman–Crippen MR) is 95.0 cm³/mol. The molecule has 1 N–H and O–H groups in total. The smallest absolute Gasteiger partial charge is 0.274 e. The lowest BCUT2D eigenvalue weighted by atomic mass is 10.2. The third kappa shape index (κ3) is 3.93. The van der Waals surface area contributed by atoms with Gasteiger partial charge in [-0.3, -0.25) is 14.4 Å². The van der Waals surface area contributed by atoms with E-state index in [4.69, 9.17) is 0 Å². The Morgan fingerprint density at radius 2 is 2.00 bits per heavy atom. The van der Waals surface area contributed by atoms with E-state index in [1.165, 1.54) is 21.5 Å². The molecule has 3 heterocycles. The molecule has 3 rings (SSSR count). The number of aryl methyl sites for hydroxylation is 2. The van der Waals surface area contributed by atoms with Crippen molar-refractivity contribution in [2.24, 2.45) is 14.1 Å². The maximum Gasteiger partial charge on any atom is 0.274 e. The van der Waals surface area contributed by atoms with Crippen LogP contribution in [0.1, 0.15) is 23.2 Å². The van der Waals surface area contributed by atoms with Crippen molar-refractivity contribution in [3.8, 4) is 0 Å². The lowest BCUT2D eigenvalue weighted by Gasteiger charge is -2.16. The minimum Gasteiger partial charge on any atom is -0.339 e. The van der Waals surface area contributed by atoms with E-state index in [2.05, 4.69) is 20.8 Å². The number of nitrogens with zero attached hydrogens (tertiary/aromatic N) is 6. The average molecular weight is 377 g/mol. The zero-order chi connectivity index (χ0) is 18.7. The van der Waals surface area contributed by atoms with Crippen LogP contribution in [-0.2, 0) is 18.9 Å². The molecule has 0 radical (unpaired) electrons. The highest BCUT2D eigenvalue weighted by Gasteiger charge is 2.21. The van der Waals surface area contributed by atoms with Crippen molar-refractivity contribution in [2.45, 2.75) is 18.0 Å². The second-order valence-corrected chi connectivity index (χ2v) is 6.92. The molecule has 1 fully saturated rings. The second-order valence-electron chi connectivity index (χ2n) is 5.98. The van der Waals surface area contributed by atoms with Crippen molar-refractivity contribution in [3.05, 3.63) is 28.2 Å². The number of anilines is 1. The number of pyridine rings is 1. The first-order valence-corrected chi connectivity index (χ1v) is 9.09. The third-order valence-electron chi connectivity index (χ3n) is 4.01. The fraction of sp³-hybridized carbons (Fsp3) is 0.467. The summed E-state index contributed by atoms with van der Waals surface area (Å²) in [5.74, 6) is -0.462. The van der Waals surface area contributed by atoms with Gasteiger partial charge in [0.25, 0.3) is 11.5 Å². The van der Waals surface area contributed by atoms with Gasteiger partial charge in [0.2, 0.25) is 11.1 Å². The summed E-state index contributed by atoms with van der Waals surface area (Å²) < 4.78 is 2.75. The molecular formula is C15H19N7O3S. The van der Waals surface area contributed by atoms with Crippen molar-refractivity contribution in [1.82, 2.24) is 29.7 Å². The van der Waals surface area contributed by atoms with E-state index < -0.39 is 0 Å². The van der Waals surface area contributed by atoms with E-state index in [0.717, 1.165) is 24.6 Å². The highest BCUT2D eigenvalue weighted by atomic mass is 32.2. The Labute approximate surface area is 153 Å². The summed E-state index contributed by atoms with van der Waals surface area (Å²) in [6.07, 6.45) is 3.46. The zero-order valence-corrected chi connectivity index (χ0v) is 15.3. The fourth-order valence-electron chi connectivity index (χ4n) is 2.68. The zero-order valence-electron chi connectivity index (χ0n) is 14.5. The molecule has 10 nitrogen and oxygen atoms in total. The second kappa shape index (κ2) is 7.68. The number of rotatable bonds is 5. The van der Waals surface area contributed by atoms with Gasteiger partial charge in [-0.25, -0.2) is 4.68 Å². The third-order valence-corrected chi connectivity index (χ3v) is 5.02. The van der Waals surface area contributed by atoms with Crippen LogP contribution in [0.2, 0.25) is 0 Å². The van der Waals surface area contributed by atoms with Gasteiger partial charge < -0.3 is 14.8 Å². The van der Waals surface area contributed by atoms with E-state index in [1.807, 2.05) is 0 Å². The number of amides is 2.